The second-order valence-electron chi connectivity index (χ2n) is 4.19. The molecular weight excluding hydrogens is 196 g/mol. The van der Waals surface area contributed by atoms with Crippen LogP contribution in [0.15, 0.2) is 18.2 Å². The average Bonchev–Trinajstić information content (AvgIpc) is 2.67. The Morgan fingerprint density at radius 3 is 2.47 bits per heavy atom. The van der Waals surface area contributed by atoms with Gasteiger partial charge in [-0.3, -0.25) is 0 Å². The first-order chi connectivity index (χ1) is 7.16. The topological polar surface area (TPSA) is 12.0 Å². The molecular formula is C12H15F2N. The van der Waals surface area contributed by atoms with Crippen LogP contribution in [0.1, 0.15) is 31.2 Å². The molecule has 0 aliphatic carbocycles. The maximum Gasteiger partial charge on any atom is 0.126 e. The molecule has 1 unspecified atom stereocenters. The van der Waals surface area contributed by atoms with Crippen molar-refractivity contribution in [1.82, 2.24) is 5.32 Å². The van der Waals surface area contributed by atoms with Crippen molar-refractivity contribution >= 4 is 0 Å². The van der Waals surface area contributed by atoms with Crippen molar-refractivity contribution in [1.29, 1.82) is 0 Å². The SMILES string of the molecule is CC(c1cc(F)cc(F)c1)[C@@H]1CCCN1. The maximum absolute atomic E-state index is 13.0. The lowest BCUT2D eigenvalue weighted by Crippen LogP contribution is -2.27. The maximum atomic E-state index is 13.0. The summed E-state index contributed by atoms with van der Waals surface area (Å²) in [5, 5.41) is 3.35. The molecule has 82 valence electrons. The lowest BCUT2D eigenvalue weighted by molar-refractivity contribution is 0.507. The van der Waals surface area contributed by atoms with E-state index in [1.807, 2.05) is 6.92 Å². The molecule has 0 aromatic heterocycles. The highest BCUT2D eigenvalue weighted by Crippen LogP contribution is 2.25. The molecule has 1 saturated heterocycles. The van der Waals surface area contributed by atoms with Gasteiger partial charge in [0, 0.05) is 12.1 Å². The van der Waals surface area contributed by atoms with Gasteiger partial charge in [-0.15, -0.1) is 0 Å². The molecule has 1 aromatic rings. The van der Waals surface area contributed by atoms with Crippen LogP contribution in [0.5, 0.6) is 0 Å². The lowest BCUT2D eigenvalue weighted by atomic mass is 9.92. The highest BCUT2D eigenvalue weighted by atomic mass is 19.1. The summed E-state index contributed by atoms with van der Waals surface area (Å²) in [7, 11) is 0. The van der Waals surface area contributed by atoms with Crippen LogP contribution in [0, 0.1) is 11.6 Å². The Bertz CT molecular complexity index is 325. The molecule has 1 aliphatic heterocycles. The van der Waals surface area contributed by atoms with Crippen LogP contribution in [0.4, 0.5) is 8.78 Å². The van der Waals surface area contributed by atoms with Crippen molar-refractivity contribution in [3.63, 3.8) is 0 Å². The van der Waals surface area contributed by atoms with Gasteiger partial charge in [0.1, 0.15) is 11.6 Å². The molecule has 1 N–H and O–H groups in total. The summed E-state index contributed by atoms with van der Waals surface area (Å²) >= 11 is 0. The molecule has 0 spiro atoms. The standard InChI is InChI=1S/C12H15F2N/c1-8(12-3-2-4-15-12)9-5-10(13)7-11(14)6-9/h5-8,12,15H,2-4H2,1H3/t8?,12-/m0/s1. The van der Waals surface area contributed by atoms with Gasteiger partial charge in [-0.2, -0.15) is 0 Å². The van der Waals surface area contributed by atoms with Gasteiger partial charge in [-0.05, 0) is 43.0 Å². The smallest absolute Gasteiger partial charge is 0.126 e. The molecule has 0 amide bonds. The molecule has 1 heterocycles. The fourth-order valence-corrected chi connectivity index (χ4v) is 2.21. The predicted molar refractivity (Wildman–Crippen MR) is 55.8 cm³/mol. The molecule has 15 heavy (non-hydrogen) atoms. The van der Waals surface area contributed by atoms with E-state index < -0.39 is 11.6 Å². The van der Waals surface area contributed by atoms with E-state index in [4.69, 9.17) is 0 Å². The van der Waals surface area contributed by atoms with Crippen molar-refractivity contribution in [3.8, 4) is 0 Å². The molecule has 3 heteroatoms. The summed E-state index contributed by atoms with van der Waals surface area (Å²) < 4.78 is 26.0. The normalized spacial score (nSPS) is 23.0. The minimum absolute atomic E-state index is 0.165. The van der Waals surface area contributed by atoms with Crippen molar-refractivity contribution in [3.05, 3.63) is 35.4 Å². The lowest BCUT2D eigenvalue weighted by Gasteiger charge is -2.19. The average molecular weight is 211 g/mol. The van der Waals surface area contributed by atoms with Gasteiger partial charge in [-0.1, -0.05) is 6.92 Å². The van der Waals surface area contributed by atoms with Crippen LogP contribution in [-0.2, 0) is 0 Å². The first-order valence-corrected chi connectivity index (χ1v) is 5.36. The van der Waals surface area contributed by atoms with Gasteiger partial charge in [0.05, 0.1) is 0 Å². The Hall–Kier alpha value is -0.960. The molecule has 2 rings (SSSR count). The summed E-state index contributed by atoms with van der Waals surface area (Å²) in [6, 6.07) is 4.12. The third kappa shape index (κ3) is 2.34. The van der Waals surface area contributed by atoms with Crippen LogP contribution in [-0.4, -0.2) is 12.6 Å². The Kier molecular flexibility index (Phi) is 3.00. The van der Waals surface area contributed by atoms with Crippen molar-refractivity contribution in [2.75, 3.05) is 6.54 Å². The zero-order valence-electron chi connectivity index (χ0n) is 8.76. The van der Waals surface area contributed by atoms with Crippen LogP contribution in [0.3, 0.4) is 0 Å². The Morgan fingerprint density at radius 2 is 1.93 bits per heavy atom. The fourth-order valence-electron chi connectivity index (χ4n) is 2.21. The van der Waals surface area contributed by atoms with Gasteiger partial charge in [0.15, 0.2) is 0 Å². The Balaban J connectivity index is 2.20. The number of nitrogens with one attached hydrogen (secondary N) is 1. The van der Waals surface area contributed by atoms with Crippen molar-refractivity contribution in [2.45, 2.75) is 31.7 Å². The number of hydrogen-bond donors (Lipinski definition) is 1. The van der Waals surface area contributed by atoms with Gasteiger partial charge >= 0.3 is 0 Å². The number of hydrogen-bond acceptors (Lipinski definition) is 1. The van der Waals surface area contributed by atoms with E-state index in [0.717, 1.165) is 31.0 Å². The van der Waals surface area contributed by atoms with Crippen molar-refractivity contribution in [2.24, 2.45) is 0 Å². The largest absolute Gasteiger partial charge is 0.313 e. The third-order valence-electron chi connectivity index (χ3n) is 3.11. The molecule has 1 aromatic carbocycles. The first-order valence-electron chi connectivity index (χ1n) is 5.36. The molecule has 0 bridgehead atoms. The second kappa shape index (κ2) is 4.27. The minimum atomic E-state index is -0.491. The molecule has 2 atom stereocenters. The molecule has 1 aliphatic rings. The van der Waals surface area contributed by atoms with E-state index in [9.17, 15) is 8.78 Å². The van der Waals surface area contributed by atoms with Crippen LogP contribution < -0.4 is 5.32 Å². The summed E-state index contributed by atoms with van der Waals surface area (Å²) in [6.45, 7) is 3.02. The van der Waals surface area contributed by atoms with Crippen LogP contribution >= 0.6 is 0 Å². The minimum Gasteiger partial charge on any atom is -0.313 e. The predicted octanol–water partition coefficient (Wildman–Crippen LogP) is 2.82. The first kappa shape index (κ1) is 10.6. The summed E-state index contributed by atoms with van der Waals surface area (Å²) in [5.41, 5.74) is 0.743. The number of benzene rings is 1. The van der Waals surface area contributed by atoms with E-state index in [-0.39, 0.29) is 5.92 Å². The Morgan fingerprint density at radius 1 is 1.27 bits per heavy atom. The van der Waals surface area contributed by atoms with E-state index in [1.54, 1.807) is 0 Å². The molecule has 1 nitrogen and oxygen atoms in total. The van der Waals surface area contributed by atoms with E-state index in [1.165, 1.54) is 12.1 Å². The van der Waals surface area contributed by atoms with E-state index in [0.29, 0.717) is 6.04 Å². The zero-order chi connectivity index (χ0) is 10.8. The fraction of sp³-hybridized carbons (Fsp3) is 0.500. The molecule has 0 radical (unpaired) electrons. The van der Waals surface area contributed by atoms with Gasteiger partial charge < -0.3 is 5.32 Å². The van der Waals surface area contributed by atoms with Crippen molar-refractivity contribution < 1.29 is 8.78 Å². The van der Waals surface area contributed by atoms with Crippen LogP contribution in [0.2, 0.25) is 0 Å². The van der Waals surface area contributed by atoms with Gasteiger partial charge in [-0.25, -0.2) is 8.78 Å². The third-order valence-corrected chi connectivity index (χ3v) is 3.11. The zero-order valence-corrected chi connectivity index (χ0v) is 8.76. The Labute approximate surface area is 88.5 Å². The second-order valence-corrected chi connectivity index (χ2v) is 4.19. The highest BCUT2D eigenvalue weighted by Gasteiger charge is 2.22. The van der Waals surface area contributed by atoms with Gasteiger partial charge in [0.2, 0.25) is 0 Å². The van der Waals surface area contributed by atoms with E-state index >= 15 is 0 Å². The quantitative estimate of drug-likeness (QED) is 0.793. The summed E-state index contributed by atoms with van der Waals surface area (Å²) in [4.78, 5) is 0. The summed E-state index contributed by atoms with van der Waals surface area (Å²) in [5.74, 6) is -0.817. The molecule has 0 saturated carbocycles. The van der Waals surface area contributed by atoms with Gasteiger partial charge in [0.25, 0.3) is 0 Å². The molecule has 1 fully saturated rings. The summed E-state index contributed by atoms with van der Waals surface area (Å²) in [6.07, 6.45) is 2.23. The number of rotatable bonds is 2. The monoisotopic (exact) mass is 211 g/mol. The van der Waals surface area contributed by atoms with E-state index in [2.05, 4.69) is 5.32 Å². The highest BCUT2D eigenvalue weighted by molar-refractivity contribution is 5.23. The van der Waals surface area contributed by atoms with Crippen LogP contribution in [0.25, 0.3) is 0 Å². The number of halogens is 2.